The average molecular weight is 270 g/mol. The van der Waals surface area contributed by atoms with Crippen LogP contribution < -0.4 is 5.32 Å². The maximum absolute atomic E-state index is 13.4. The molecule has 4 nitrogen and oxygen atoms in total. The van der Waals surface area contributed by atoms with Crippen molar-refractivity contribution in [3.63, 3.8) is 0 Å². The van der Waals surface area contributed by atoms with Crippen molar-refractivity contribution in [2.24, 2.45) is 0 Å². The van der Waals surface area contributed by atoms with Crippen LogP contribution in [0.3, 0.4) is 0 Å². The highest BCUT2D eigenvalue weighted by Crippen LogP contribution is 2.14. The Morgan fingerprint density at radius 1 is 1.35 bits per heavy atom. The molecule has 1 aromatic heterocycles. The van der Waals surface area contributed by atoms with Crippen LogP contribution >= 0.6 is 0 Å². The molecule has 0 aliphatic carbocycles. The Hall–Kier alpha value is -2.71. The van der Waals surface area contributed by atoms with Gasteiger partial charge in [0.25, 0.3) is 5.91 Å². The number of amides is 1. The third-order valence-corrected chi connectivity index (χ3v) is 2.49. The molecule has 20 heavy (non-hydrogen) atoms. The zero-order chi connectivity index (χ0) is 14.4. The number of nitrogens with zero attached hydrogens (tertiary/aromatic N) is 1. The fraction of sp³-hybridized carbons (Fsp3) is 0.0667. The molecule has 1 amide bonds. The van der Waals surface area contributed by atoms with Gasteiger partial charge in [0.1, 0.15) is 6.61 Å². The third-order valence-electron chi connectivity index (χ3n) is 2.49. The number of nitrogens with one attached hydrogen (secondary N) is 1. The molecule has 0 fully saturated rings. The molecule has 0 radical (unpaired) electrons. The van der Waals surface area contributed by atoms with Gasteiger partial charge in [0.15, 0.2) is 5.82 Å². The highest BCUT2D eigenvalue weighted by molar-refractivity contribution is 6.06. The van der Waals surface area contributed by atoms with E-state index in [0.29, 0.717) is 11.1 Å². The molecule has 0 saturated heterocycles. The molecule has 1 heterocycles. The Balaban J connectivity index is 2.28. The van der Waals surface area contributed by atoms with E-state index in [2.05, 4.69) is 22.1 Å². The van der Waals surface area contributed by atoms with Gasteiger partial charge in [-0.3, -0.25) is 9.78 Å². The normalized spacial score (nSPS) is 9.50. The van der Waals surface area contributed by atoms with Crippen LogP contribution in [0, 0.1) is 17.7 Å². The van der Waals surface area contributed by atoms with Crippen LogP contribution in [0.2, 0.25) is 0 Å². The number of pyridine rings is 1. The summed E-state index contributed by atoms with van der Waals surface area (Å²) in [5.74, 6) is 4.07. The molecule has 0 spiro atoms. The number of anilines is 1. The van der Waals surface area contributed by atoms with Crippen molar-refractivity contribution in [2.45, 2.75) is 0 Å². The van der Waals surface area contributed by atoms with Gasteiger partial charge in [-0.2, -0.15) is 0 Å². The van der Waals surface area contributed by atoms with Crippen molar-refractivity contribution in [1.82, 2.24) is 4.98 Å². The predicted molar refractivity (Wildman–Crippen MR) is 72.6 cm³/mol. The third kappa shape index (κ3) is 3.19. The zero-order valence-corrected chi connectivity index (χ0v) is 10.4. The molecular formula is C15H11FN2O2. The number of aliphatic hydroxyl groups is 1. The highest BCUT2D eigenvalue weighted by atomic mass is 19.1. The van der Waals surface area contributed by atoms with E-state index in [1.807, 2.05) is 0 Å². The minimum Gasteiger partial charge on any atom is -0.384 e. The van der Waals surface area contributed by atoms with Crippen LogP contribution in [0.1, 0.15) is 15.9 Å². The average Bonchev–Trinajstić information content (AvgIpc) is 2.47. The molecule has 0 unspecified atom stereocenters. The van der Waals surface area contributed by atoms with Crippen molar-refractivity contribution in [3.05, 3.63) is 59.7 Å². The van der Waals surface area contributed by atoms with Crippen molar-refractivity contribution in [3.8, 4) is 11.8 Å². The van der Waals surface area contributed by atoms with Gasteiger partial charge in [-0.05, 0) is 18.2 Å². The molecule has 100 valence electrons. The van der Waals surface area contributed by atoms with E-state index in [-0.39, 0.29) is 12.3 Å². The number of hydrogen-bond acceptors (Lipinski definition) is 3. The molecule has 0 aliphatic rings. The Morgan fingerprint density at radius 2 is 2.15 bits per heavy atom. The lowest BCUT2D eigenvalue weighted by Gasteiger charge is -2.07. The maximum atomic E-state index is 13.4. The molecular weight excluding hydrogens is 259 g/mol. The molecule has 0 bridgehead atoms. The summed E-state index contributed by atoms with van der Waals surface area (Å²) in [4.78, 5) is 15.7. The van der Waals surface area contributed by atoms with Crippen LogP contribution in [0.5, 0.6) is 0 Å². The first kappa shape index (κ1) is 13.7. The standard InChI is InChI=1S/C15H11FN2O2/c16-13-10-17-8-7-14(13)18-15(20)12-6-2-1-4-11(12)5-3-9-19/h1-2,4,6-8,10,19H,9H2,(H,17,18,20). The fourth-order valence-electron chi connectivity index (χ4n) is 1.59. The fourth-order valence-corrected chi connectivity index (χ4v) is 1.59. The van der Waals surface area contributed by atoms with Crippen LogP contribution in [-0.4, -0.2) is 22.6 Å². The number of carbonyl (C=O) groups is 1. The first-order chi connectivity index (χ1) is 9.72. The van der Waals surface area contributed by atoms with E-state index < -0.39 is 11.7 Å². The van der Waals surface area contributed by atoms with Crippen LogP contribution in [0.15, 0.2) is 42.7 Å². The molecule has 0 atom stereocenters. The van der Waals surface area contributed by atoms with Gasteiger partial charge in [-0.25, -0.2) is 4.39 Å². The summed E-state index contributed by atoms with van der Waals surface area (Å²) in [7, 11) is 0. The Kier molecular flexibility index (Phi) is 4.43. The molecule has 2 aromatic rings. The van der Waals surface area contributed by atoms with Crippen LogP contribution in [0.4, 0.5) is 10.1 Å². The van der Waals surface area contributed by atoms with Gasteiger partial charge < -0.3 is 10.4 Å². The lowest BCUT2D eigenvalue weighted by molar-refractivity contribution is 0.102. The van der Waals surface area contributed by atoms with E-state index >= 15 is 0 Å². The minimum atomic E-state index is -0.611. The number of rotatable bonds is 2. The summed E-state index contributed by atoms with van der Waals surface area (Å²) in [5, 5.41) is 11.2. The van der Waals surface area contributed by atoms with Gasteiger partial charge >= 0.3 is 0 Å². The minimum absolute atomic E-state index is 0.0509. The van der Waals surface area contributed by atoms with Crippen molar-refractivity contribution < 1.29 is 14.3 Å². The van der Waals surface area contributed by atoms with E-state index in [1.54, 1.807) is 24.3 Å². The quantitative estimate of drug-likeness (QED) is 0.818. The Morgan fingerprint density at radius 3 is 2.90 bits per heavy atom. The predicted octanol–water partition coefficient (Wildman–Crippen LogP) is 1.82. The zero-order valence-electron chi connectivity index (χ0n) is 10.4. The number of halogens is 1. The Bertz CT molecular complexity index is 690. The number of carbonyl (C=O) groups excluding carboxylic acids is 1. The van der Waals surface area contributed by atoms with E-state index in [4.69, 9.17) is 5.11 Å². The van der Waals surface area contributed by atoms with Crippen molar-refractivity contribution >= 4 is 11.6 Å². The second-order valence-corrected chi connectivity index (χ2v) is 3.82. The molecule has 0 aliphatic heterocycles. The van der Waals surface area contributed by atoms with Gasteiger partial charge in [-0.15, -0.1) is 0 Å². The molecule has 2 rings (SSSR count). The number of aliphatic hydroxyl groups excluding tert-OH is 1. The monoisotopic (exact) mass is 270 g/mol. The van der Waals surface area contributed by atoms with Gasteiger partial charge in [0, 0.05) is 11.8 Å². The SMILES string of the molecule is O=C(Nc1ccncc1F)c1ccccc1C#CCO. The second-order valence-electron chi connectivity index (χ2n) is 3.82. The van der Waals surface area contributed by atoms with Crippen molar-refractivity contribution in [2.75, 3.05) is 11.9 Å². The summed E-state index contributed by atoms with van der Waals surface area (Å²) in [6, 6.07) is 8.01. The smallest absolute Gasteiger partial charge is 0.257 e. The van der Waals surface area contributed by atoms with Gasteiger partial charge in [0.05, 0.1) is 17.4 Å². The maximum Gasteiger partial charge on any atom is 0.257 e. The molecule has 1 aromatic carbocycles. The number of benzene rings is 1. The number of hydrogen-bond donors (Lipinski definition) is 2. The van der Waals surface area contributed by atoms with Crippen LogP contribution in [-0.2, 0) is 0 Å². The van der Waals surface area contributed by atoms with Crippen LogP contribution in [0.25, 0.3) is 0 Å². The van der Waals surface area contributed by atoms with Gasteiger partial charge in [0.2, 0.25) is 0 Å². The largest absolute Gasteiger partial charge is 0.384 e. The summed E-state index contributed by atoms with van der Waals surface area (Å²) in [6.07, 6.45) is 2.41. The lowest BCUT2D eigenvalue weighted by Crippen LogP contribution is -2.14. The van der Waals surface area contributed by atoms with E-state index in [0.717, 1.165) is 6.20 Å². The molecule has 5 heteroatoms. The first-order valence-electron chi connectivity index (χ1n) is 5.82. The lowest BCUT2D eigenvalue weighted by atomic mass is 10.1. The van der Waals surface area contributed by atoms with E-state index in [1.165, 1.54) is 12.3 Å². The molecule has 0 saturated carbocycles. The number of aromatic nitrogens is 1. The van der Waals surface area contributed by atoms with Crippen molar-refractivity contribution in [1.29, 1.82) is 0 Å². The summed E-state index contributed by atoms with van der Waals surface area (Å²) in [6.45, 7) is -0.297. The van der Waals surface area contributed by atoms with Gasteiger partial charge in [-0.1, -0.05) is 24.0 Å². The summed E-state index contributed by atoms with van der Waals surface area (Å²) in [5.41, 5.74) is 0.827. The Labute approximate surface area is 115 Å². The first-order valence-corrected chi connectivity index (χ1v) is 5.82. The molecule has 2 N–H and O–H groups in total. The highest BCUT2D eigenvalue weighted by Gasteiger charge is 2.11. The van der Waals surface area contributed by atoms with E-state index in [9.17, 15) is 9.18 Å². The summed E-state index contributed by atoms with van der Waals surface area (Å²) >= 11 is 0. The topological polar surface area (TPSA) is 62.2 Å². The second kappa shape index (κ2) is 6.45. The summed E-state index contributed by atoms with van der Waals surface area (Å²) < 4.78 is 13.4.